The van der Waals surface area contributed by atoms with Crippen LogP contribution in [0.5, 0.6) is 0 Å². The van der Waals surface area contributed by atoms with Crippen molar-refractivity contribution >= 4 is 6.21 Å². The number of hydrogen-bond acceptors (Lipinski definition) is 4. The summed E-state index contributed by atoms with van der Waals surface area (Å²) in [6.45, 7) is 3.81. The molecule has 4 unspecified atom stereocenters. The minimum absolute atomic E-state index is 0.521. The van der Waals surface area contributed by atoms with Crippen LogP contribution in [0.2, 0.25) is 0 Å². The van der Waals surface area contributed by atoms with E-state index in [-0.39, 0.29) is 0 Å². The fraction of sp³-hybridized carbons (Fsp3) is 0.500. The highest BCUT2D eigenvalue weighted by Crippen LogP contribution is 2.37. The smallest absolute Gasteiger partial charge is 0.0675 e. The van der Waals surface area contributed by atoms with E-state index >= 15 is 0 Å². The first-order chi connectivity index (χ1) is 18.7. The lowest BCUT2D eigenvalue weighted by Crippen LogP contribution is -2.43. The van der Waals surface area contributed by atoms with E-state index in [0.29, 0.717) is 41.7 Å². The first-order valence-electron chi connectivity index (χ1n) is 14.9. The van der Waals surface area contributed by atoms with Gasteiger partial charge in [0.1, 0.15) is 0 Å². The molecule has 5 aliphatic rings. The lowest BCUT2D eigenvalue weighted by atomic mass is 9.76. The van der Waals surface area contributed by atoms with Gasteiger partial charge >= 0.3 is 0 Å². The maximum absolute atomic E-state index is 6.09. The first kappa shape index (κ1) is 26.7. The fourth-order valence-corrected chi connectivity index (χ4v) is 6.72. The summed E-state index contributed by atoms with van der Waals surface area (Å²) < 4.78 is 0. The lowest BCUT2D eigenvalue weighted by Gasteiger charge is -2.39. The second-order valence-corrected chi connectivity index (χ2v) is 11.6. The third kappa shape index (κ3) is 6.23. The number of aliphatic imine (C=N–C) groups is 1. The van der Waals surface area contributed by atoms with Gasteiger partial charge in [-0.05, 0) is 86.6 Å². The summed E-state index contributed by atoms with van der Waals surface area (Å²) in [5.41, 5.74) is 15.6. The van der Waals surface area contributed by atoms with Gasteiger partial charge in [-0.1, -0.05) is 80.2 Å². The zero-order valence-electron chi connectivity index (χ0n) is 23.0. The van der Waals surface area contributed by atoms with Crippen molar-refractivity contribution in [3.63, 3.8) is 0 Å². The molecule has 202 valence electrons. The summed E-state index contributed by atoms with van der Waals surface area (Å²) in [6, 6.07) is 1.09. The van der Waals surface area contributed by atoms with Gasteiger partial charge in [0.25, 0.3) is 0 Å². The minimum atomic E-state index is 0.521. The summed E-state index contributed by atoms with van der Waals surface area (Å²) in [4.78, 5) is 6.68. The summed E-state index contributed by atoms with van der Waals surface area (Å²) in [5.74, 6) is 2.96. The Labute approximate surface area is 230 Å². The van der Waals surface area contributed by atoms with Crippen LogP contribution in [0.1, 0.15) is 51.9 Å². The standard InChI is InChI=1S/C34H46N4/c1-2-26(22-35)34-8-5-21-38(34)32-19-17-30(18-20-32)29-15-13-28(14-16-29)27-11-9-25(10-12-27)6-3-4-7-33(36)31-23-37-24-31/h3-7,9,11,13,15-17,19,21,23,25-28,30,32,34H,2,8,10,12,14,18,20,22,24,35-36H2,1H3/b6-3+,7-4-,33-31?/t25?,26?,27-,28?,30-,32-,34?/m1/s1. The van der Waals surface area contributed by atoms with Gasteiger partial charge in [0.2, 0.25) is 0 Å². The Morgan fingerprint density at radius 2 is 1.95 bits per heavy atom. The second kappa shape index (κ2) is 12.8. The molecule has 4 nitrogen and oxygen atoms in total. The Bertz CT molecular complexity index is 1090. The first-order valence-corrected chi connectivity index (χ1v) is 14.9. The Morgan fingerprint density at radius 1 is 1.05 bits per heavy atom. The maximum atomic E-state index is 6.09. The molecule has 0 saturated carbocycles. The maximum Gasteiger partial charge on any atom is 0.0675 e. The minimum Gasteiger partial charge on any atom is -0.398 e. The van der Waals surface area contributed by atoms with Crippen LogP contribution in [0.25, 0.3) is 0 Å². The zero-order valence-corrected chi connectivity index (χ0v) is 23.0. The van der Waals surface area contributed by atoms with Crippen LogP contribution >= 0.6 is 0 Å². The normalized spacial score (nSPS) is 34.8. The Kier molecular flexibility index (Phi) is 9.01. The third-order valence-electron chi connectivity index (χ3n) is 9.33. The van der Waals surface area contributed by atoms with E-state index in [2.05, 4.69) is 89.9 Å². The zero-order chi connectivity index (χ0) is 26.3. The molecular weight excluding hydrogens is 464 g/mol. The van der Waals surface area contributed by atoms with Crippen molar-refractivity contribution in [2.45, 2.75) is 64.0 Å². The predicted octanol–water partition coefficient (Wildman–Crippen LogP) is 6.39. The number of nitrogens with two attached hydrogens (primary N) is 2. The van der Waals surface area contributed by atoms with Gasteiger partial charge in [0, 0.05) is 35.5 Å². The van der Waals surface area contributed by atoms with Crippen molar-refractivity contribution in [2.24, 2.45) is 46.0 Å². The van der Waals surface area contributed by atoms with Crippen LogP contribution in [0.4, 0.5) is 0 Å². The summed E-state index contributed by atoms with van der Waals surface area (Å²) in [7, 11) is 0. The summed E-state index contributed by atoms with van der Waals surface area (Å²) in [6.07, 6.45) is 40.7. The highest BCUT2D eigenvalue weighted by Gasteiger charge is 2.32. The van der Waals surface area contributed by atoms with E-state index in [1.165, 1.54) is 37.7 Å². The molecule has 3 aliphatic carbocycles. The van der Waals surface area contributed by atoms with E-state index in [4.69, 9.17) is 11.5 Å². The van der Waals surface area contributed by atoms with Crippen LogP contribution in [-0.2, 0) is 0 Å². The molecule has 2 aliphatic heterocycles. The van der Waals surface area contributed by atoms with Crippen molar-refractivity contribution in [2.75, 3.05) is 13.1 Å². The van der Waals surface area contributed by atoms with Crippen LogP contribution in [0.15, 0.2) is 101 Å². The van der Waals surface area contributed by atoms with E-state index in [9.17, 15) is 0 Å². The van der Waals surface area contributed by atoms with Crippen molar-refractivity contribution in [1.82, 2.24) is 4.90 Å². The van der Waals surface area contributed by atoms with Crippen LogP contribution in [0, 0.1) is 29.6 Å². The molecule has 0 aromatic heterocycles. The molecule has 4 N–H and O–H groups in total. The van der Waals surface area contributed by atoms with Crippen molar-refractivity contribution in [3.05, 3.63) is 96.0 Å². The molecule has 0 fully saturated rings. The van der Waals surface area contributed by atoms with Gasteiger partial charge in [-0.25, -0.2) is 0 Å². The third-order valence-corrected chi connectivity index (χ3v) is 9.33. The van der Waals surface area contributed by atoms with Gasteiger partial charge in [0.15, 0.2) is 0 Å². The molecule has 38 heavy (non-hydrogen) atoms. The Hall–Kier alpha value is -2.85. The van der Waals surface area contributed by atoms with Crippen LogP contribution < -0.4 is 11.5 Å². The Morgan fingerprint density at radius 3 is 2.58 bits per heavy atom. The van der Waals surface area contributed by atoms with Gasteiger partial charge in [-0.15, -0.1) is 0 Å². The molecule has 7 atom stereocenters. The average Bonchev–Trinajstić information content (AvgIpc) is 3.41. The second-order valence-electron chi connectivity index (χ2n) is 11.6. The largest absolute Gasteiger partial charge is 0.398 e. The van der Waals surface area contributed by atoms with E-state index in [1.54, 1.807) is 0 Å². The number of rotatable bonds is 9. The molecule has 0 bridgehead atoms. The van der Waals surface area contributed by atoms with Crippen LogP contribution in [0.3, 0.4) is 0 Å². The molecule has 0 amide bonds. The highest BCUT2D eigenvalue weighted by atomic mass is 15.2. The van der Waals surface area contributed by atoms with Crippen LogP contribution in [-0.4, -0.2) is 36.3 Å². The quantitative estimate of drug-likeness (QED) is 0.279. The molecular formula is C34H46N4. The SMILES string of the molecule is CCC(CN)C1CC=CN1[C@@H]1C=C[C@@H](C2=CCC([C@@H]3C=CC(/C=C/C=C\C(N)=C4C=NC4)CC3)C=C2)CC1. The monoisotopic (exact) mass is 510 g/mol. The highest BCUT2D eigenvalue weighted by molar-refractivity contribution is 5.86. The molecule has 0 aromatic rings. The predicted molar refractivity (Wildman–Crippen MR) is 161 cm³/mol. The van der Waals surface area contributed by atoms with Crippen molar-refractivity contribution < 1.29 is 0 Å². The molecule has 2 heterocycles. The van der Waals surface area contributed by atoms with Gasteiger partial charge in [-0.3, -0.25) is 4.99 Å². The number of allylic oxidation sites excluding steroid dienone is 11. The lowest BCUT2D eigenvalue weighted by molar-refractivity contribution is 0.175. The fourth-order valence-electron chi connectivity index (χ4n) is 6.72. The number of hydrogen-bond donors (Lipinski definition) is 2. The molecule has 4 heteroatoms. The summed E-state index contributed by atoms with van der Waals surface area (Å²) >= 11 is 0. The van der Waals surface area contributed by atoms with Gasteiger partial charge < -0.3 is 16.4 Å². The summed E-state index contributed by atoms with van der Waals surface area (Å²) in [5, 5.41) is 0. The van der Waals surface area contributed by atoms with Crippen molar-refractivity contribution in [1.29, 1.82) is 0 Å². The van der Waals surface area contributed by atoms with E-state index < -0.39 is 0 Å². The van der Waals surface area contributed by atoms with E-state index in [0.717, 1.165) is 37.2 Å². The van der Waals surface area contributed by atoms with E-state index in [1.807, 2.05) is 12.3 Å². The molecule has 0 aromatic carbocycles. The van der Waals surface area contributed by atoms with Gasteiger partial charge in [0.05, 0.1) is 6.54 Å². The molecule has 0 radical (unpaired) electrons. The molecule has 0 spiro atoms. The topological polar surface area (TPSA) is 67.6 Å². The number of nitrogens with zero attached hydrogens (tertiary/aromatic N) is 2. The van der Waals surface area contributed by atoms with Crippen molar-refractivity contribution in [3.8, 4) is 0 Å². The van der Waals surface area contributed by atoms with Gasteiger partial charge in [-0.2, -0.15) is 0 Å². The molecule has 5 rings (SSSR count). The average molecular weight is 511 g/mol. The molecule has 0 saturated heterocycles. The Balaban J connectivity index is 1.09.